The molecule has 1 amide bonds. The Morgan fingerprint density at radius 2 is 1.93 bits per heavy atom. The van der Waals surface area contributed by atoms with Crippen molar-refractivity contribution in [2.45, 2.75) is 13.0 Å². The summed E-state index contributed by atoms with van der Waals surface area (Å²) in [6.45, 7) is 2.26. The van der Waals surface area contributed by atoms with Crippen LogP contribution in [0.4, 0.5) is 0 Å². The topological polar surface area (TPSA) is 50.2 Å². The van der Waals surface area contributed by atoms with Crippen LogP contribution in [-0.2, 0) is 13.0 Å². The first-order valence-corrected chi connectivity index (χ1v) is 9.53. The number of benzene rings is 2. The summed E-state index contributed by atoms with van der Waals surface area (Å²) in [5.74, 6) is 0.789. The second-order valence-corrected chi connectivity index (χ2v) is 7.42. The molecule has 0 radical (unpaired) electrons. The highest BCUT2D eigenvalue weighted by Crippen LogP contribution is 2.22. The molecular formula is C20H22Cl2N4O. The van der Waals surface area contributed by atoms with Gasteiger partial charge in [-0.05, 0) is 44.4 Å². The van der Waals surface area contributed by atoms with Crippen molar-refractivity contribution in [3.05, 3.63) is 63.9 Å². The molecule has 0 atom stereocenters. The molecule has 1 heterocycles. The molecule has 0 fully saturated rings. The zero-order valence-corrected chi connectivity index (χ0v) is 16.9. The van der Waals surface area contributed by atoms with Crippen LogP contribution in [0.25, 0.3) is 11.0 Å². The number of carbonyl (C=O) groups excluding carboxylic acids is 1. The number of halogens is 2. The van der Waals surface area contributed by atoms with Crippen LogP contribution in [0.5, 0.6) is 0 Å². The molecule has 27 heavy (non-hydrogen) atoms. The van der Waals surface area contributed by atoms with Gasteiger partial charge in [0.05, 0.1) is 21.1 Å². The van der Waals surface area contributed by atoms with Gasteiger partial charge in [0.2, 0.25) is 0 Å². The first kappa shape index (κ1) is 19.7. The van der Waals surface area contributed by atoms with Crippen molar-refractivity contribution in [3.8, 4) is 0 Å². The van der Waals surface area contributed by atoms with Gasteiger partial charge in [-0.1, -0.05) is 35.3 Å². The molecule has 2 aromatic carbocycles. The van der Waals surface area contributed by atoms with Crippen molar-refractivity contribution in [2.24, 2.45) is 0 Å². The number of carbonyl (C=O) groups is 1. The van der Waals surface area contributed by atoms with E-state index in [4.69, 9.17) is 28.2 Å². The van der Waals surface area contributed by atoms with E-state index in [1.807, 2.05) is 18.2 Å². The largest absolute Gasteiger partial charge is 0.352 e. The summed E-state index contributed by atoms with van der Waals surface area (Å²) in [5, 5.41) is 3.73. The number of aromatic nitrogens is 2. The van der Waals surface area contributed by atoms with Crippen molar-refractivity contribution < 1.29 is 4.79 Å². The number of rotatable bonds is 7. The summed E-state index contributed by atoms with van der Waals surface area (Å²) < 4.78 is 2.22. The van der Waals surface area contributed by atoms with E-state index in [-0.39, 0.29) is 5.91 Å². The molecule has 0 saturated heterocycles. The van der Waals surface area contributed by atoms with E-state index in [2.05, 4.69) is 34.9 Å². The van der Waals surface area contributed by atoms with Crippen molar-refractivity contribution in [2.75, 3.05) is 27.2 Å². The van der Waals surface area contributed by atoms with E-state index in [1.165, 1.54) is 0 Å². The SMILES string of the molecule is CN(C)CCn1c(CCNC(=O)c2ccc(Cl)c(Cl)c2)nc2ccccc21. The molecule has 7 heteroatoms. The fourth-order valence-corrected chi connectivity index (χ4v) is 3.19. The van der Waals surface area contributed by atoms with Crippen molar-refractivity contribution >= 4 is 40.1 Å². The van der Waals surface area contributed by atoms with Crippen LogP contribution in [0, 0.1) is 0 Å². The number of likely N-dealkylation sites (N-methyl/N-ethyl adjacent to an activating group) is 1. The molecule has 0 aliphatic carbocycles. The lowest BCUT2D eigenvalue weighted by Gasteiger charge is -2.13. The third-order valence-corrected chi connectivity index (χ3v) is 5.06. The first-order valence-electron chi connectivity index (χ1n) is 8.78. The lowest BCUT2D eigenvalue weighted by atomic mass is 10.2. The van der Waals surface area contributed by atoms with Crippen LogP contribution in [0.3, 0.4) is 0 Å². The van der Waals surface area contributed by atoms with Crippen molar-refractivity contribution in [1.29, 1.82) is 0 Å². The smallest absolute Gasteiger partial charge is 0.251 e. The normalized spacial score (nSPS) is 11.3. The molecular weight excluding hydrogens is 383 g/mol. The van der Waals surface area contributed by atoms with Crippen LogP contribution in [0.1, 0.15) is 16.2 Å². The monoisotopic (exact) mass is 404 g/mol. The number of nitrogens with one attached hydrogen (secondary N) is 1. The first-order chi connectivity index (χ1) is 13.0. The van der Waals surface area contributed by atoms with E-state index in [0.717, 1.165) is 29.9 Å². The summed E-state index contributed by atoms with van der Waals surface area (Å²) in [7, 11) is 4.10. The van der Waals surface area contributed by atoms with Crippen molar-refractivity contribution in [1.82, 2.24) is 19.8 Å². The Labute approximate surface area is 168 Å². The Kier molecular flexibility index (Phi) is 6.37. The summed E-state index contributed by atoms with van der Waals surface area (Å²) >= 11 is 11.9. The highest BCUT2D eigenvalue weighted by atomic mass is 35.5. The van der Waals surface area contributed by atoms with Gasteiger partial charge in [0.25, 0.3) is 5.91 Å². The molecule has 0 saturated carbocycles. The Balaban J connectivity index is 1.69. The number of nitrogens with zero attached hydrogens (tertiary/aromatic N) is 3. The number of fused-ring (bicyclic) bond motifs is 1. The van der Waals surface area contributed by atoms with Crippen molar-refractivity contribution in [3.63, 3.8) is 0 Å². The van der Waals surface area contributed by atoms with E-state index in [9.17, 15) is 4.79 Å². The Hall–Kier alpha value is -2.08. The van der Waals surface area contributed by atoms with Gasteiger partial charge in [0.1, 0.15) is 5.82 Å². The van der Waals surface area contributed by atoms with E-state index < -0.39 is 0 Å². The van der Waals surface area contributed by atoms with Crippen LogP contribution in [0.2, 0.25) is 10.0 Å². The maximum absolute atomic E-state index is 12.3. The van der Waals surface area contributed by atoms with Crippen LogP contribution < -0.4 is 5.32 Å². The second-order valence-electron chi connectivity index (χ2n) is 6.61. The number of imidazole rings is 1. The van der Waals surface area contributed by atoms with Gasteiger partial charge in [0.15, 0.2) is 0 Å². The van der Waals surface area contributed by atoms with Crippen LogP contribution in [0.15, 0.2) is 42.5 Å². The minimum atomic E-state index is -0.176. The second kappa shape index (κ2) is 8.74. The van der Waals surface area contributed by atoms with Crippen LogP contribution in [-0.4, -0.2) is 47.5 Å². The minimum absolute atomic E-state index is 0.176. The fourth-order valence-electron chi connectivity index (χ4n) is 2.89. The molecule has 0 aliphatic heterocycles. The van der Waals surface area contributed by atoms with Gasteiger partial charge in [-0.25, -0.2) is 4.98 Å². The average molecular weight is 405 g/mol. The number of hydrogen-bond acceptors (Lipinski definition) is 3. The van der Waals surface area contributed by atoms with Gasteiger partial charge in [-0.3, -0.25) is 4.79 Å². The van der Waals surface area contributed by atoms with Gasteiger partial charge in [-0.15, -0.1) is 0 Å². The lowest BCUT2D eigenvalue weighted by Crippen LogP contribution is -2.27. The highest BCUT2D eigenvalue weighted by Gasteiger charge is 2.12. The predicted octanol–water partition coefficient (Wildman–Crippen LogP) is 3.88. The molecule has 3 rings (SSSR count). The van der Waals surface area contributed by atoms with E-state index in [1.54, 1.807) is 18.2 Å². The lowest BCUT2D eigenvalue weighted by molar-refractivity contribution is 0.0954. The highest BCUT2D eigenvalue weighted by molar-refractivity contribution is 6.42. The standard InChI is InChI=1S/C20H22Cl2N4O/c1-25(2)11-12-26-18-6-4-3-5-17(18)24-19(26)9-10-23-20(27)14-7-8-15(21)16(22)13-14/h3-8,13H,9-12H2,1-2H3,(H,23,27). The maximum Gasteiger partial charge on any atom is 0.251 e. The Bertz CT molecular complexity index is 952. The van der Waals surface area contributed by atoms with Gasteiger partial charge >= 0.3 is 0 Å². The summed E-state index contributed by atoms with van der Waals surface area (Å²) in [6, 6.07) is 13.0. The van der Waals surface area contributed by atoms with E-state index in [0.29, 0.717) is 28.6 Å². The summed E-state index contributed by atoms with van der Waals surface area (Å²) in [5.41, 5.74) is 2.58. The Morgan fingerprint density at radius 3 is 2.67 bits per heavy atom. The van der Waals surface area contributed by atoms with Gasteiger partial charge in [-0.2, -0.15) is 0 Å². The molecule has 3 aromatic rings. The molecule has 5 nitrogen and oxygen atoms in total. The fraction of sp³-hybridized carbons (Fsp3) is 0.300. The number of para-hydroxylation sites is 2. The third kappa shape index (κ3) is 4.80. The minimum Gasteiger partial charge on any atom is -0.352 e. The number of amides is 1. The third-order valence-electron chi connectivity index (χ3n) is 4.32. The maximum atomic E-state index is 12.3. The van der Waals surface area contributed by atoms with E-state index >= 15 is 0 Å². The number of hydrogen-bond donors (Lipinski definition) is 1. The quantitative estimate of drug-likeness (QED) is 0.649. The summed E-state index contributed by atoms with van der Waals surface area (Å²) in [4.78, 5) is 19.2. The molecule has 1 N–H and O–H groups in total. The average Bonchev–Trinajstić information content (AvgIpc) is 2.99. The van der Waals surface area contributed by atoms with Gasteiger partial charge in [0, 0.05) is 31.6 Å². The molecule has 0 unspecified atom stereocenters. The molecule has 1 aromatic heterocycles. The molecule has 0 spiro atoms. The Morgan fingerprint density at radius 1 is 1.15 bits per heavy atom. The van der Waals surface area contributed by atoms with Gasteiger partial charge < -0.3 is 14.8 Å². The predicted molar refractivity (Wildman–Crippen MR) is 111 cm³/mol. The summed E-state index contributed by atoms with van der Waals surface area (Å²) in [6.07, 6.45) is 0.648. The molecule has 0 aliphatic rings. The molecule has 0 bridgehead atoms. The zero-order chi connectivity index (χ0) is 19.4. The molecule has 142 valence electrons. The van der Waals surface area contributed by atoms with Crippen LogP contribution >= 0.6 is 23.2 Å². The zero-order valence-electron chi connectivity index (χ0n) is 15.4.